The van der Waals surface area contributed by atoms with Crippen LogP contribution < -0.4 is 10.1 Å². The van der Waals surface area contributed by atoms with Gasteiger partial charge in [0.15, 0.2) is 0 Å². The van der Waals surface area contributed by atoms with Crippen LogP contribution in [0.15, 0.2) is 18.2 Å². The van der Waals surface area contributed by atoms with Crippen LogP contribution in [-0.2, 0) is 6.54 Å². The van der Waals surface area contributed by atoms with E-state index in [0.29, 0.717) is 17.5 Å². The molecule has 0 bridgehead atoms. The summed E-state index contributed by atoms with van der Waals surface area (Å²) in [5.41, 5.74) is 1.13. The van der Waals surface area contributed by atoms with E-state index in [1.54, 1.807) is 0 Å². The summed E-state index contributed by atoms with van der Waals surface area (Å²) in [6.07, 6.45) is 0.997. The number of nitrogens with zero attached hydrogens (tertiary/aromatic N) is 1. The topological polar surface area (TPSA) is 24.5 Å². The zero-order valence-corrected chi connectivity index (χ0v) is 13.8. The Morgan fingerprint density at radius 2 is 2.05 bits per heavy atom. The molecule has 0 aromatic heterocycles. The summed E-state index contributed by atoms with van der Waals surface area (Å²) in [5, 5.41) is 4.12. The molecule has 0 radical (unpaired) electrons. The van der Waals surface area contributed by atoms with Crippen molar-refractivity contribution in [3.05, 3.63) is 28.8 Å². The first-order chi connectivity index (χ1) is 9.50. The molecule has 4 heteroatoms. The molecular formula is C16H27ClN2O. The third-order valence-electron chi connectivity index (χ3n) is 2.91. The van der Waals surface area contributed by atoms with Gasteiger partial charge in [-0.2, -0.15) is 0 Å². The van der Waals surface area contributed by atoms with Crippen LogP contribution in [-0.4, -0.2) is 38.7 Å². The van der Waals surface area contributed by atoms with E-state index in [1.807, 2.05) is 12.1 Å². The third-order valence-corrected chi connectivity index (χ3v) is 3.21. The first-order valence-corrected chi connectivity index (χ1v) is 7.64. The molecule has 0 unspecified atom stereocenters. The van der Waals surface area contributed by atoms with Gasteiger partial charge in [-0.15, -0.1) is 0 Å². The second kappa shape index (κ2) is 9.22. The minimum Gasteiger partial charge on any atom is -0.492 e. The molecule has 0 aliphatic heterocycles. The van der Waals surface area contributed by atoms with E-state index in [4.69, 9.17) is 16.3 Å². The normalized spacial score (nSPS) is 11.3. The minimum atomic E-state index is 0.638. The van der Waals surface area contributed by atoms with Crippen molar-refractivity contribution < 1.29 is 4.74 Å². The number of halogens is 1. The highest BCUT2D eigenvalue weighted by molar-refractivity contribution is 6.32. The van der Waals surface area contributed by atoms with Crippen molar-refractivity contribution in [3.63, 3.8) is 0 Å². The van der Waals surface area contributed by atoms with Crippen molar-refractivity contribution in [3.8, 4) is 5.75 Å². The standard InChI is InChI=1S/C16H27ClN2O/c1-13(2)11-18-12-14-7-5-8-15(17)16(14)20-10-6-9-19(3)4/h5,7-8,13,18H,6,9-12H2,1-4H3. The first kappa shape index (κ1) is 17.3. The van der Waals surface area contributed by atoms with Crippen molar-refractivity contribution in [2.24, 2.45) is 5.92 Å². The lowest BCUT2D eigenvalue weighted by Gasteiger charge is -2.15. The van der Waals surface area contributed by atoms with Crippen LogP contribution in [0.3, 0.4) is 0 Å². The lowest BCUT2D eigenvalue weighted by Crippen LogP contribution is -2.20. The van der Waals surface area contributed by atoms with E-state index in [0.717, 1.165) is 37.4 Å². The van der Waals surface area contributed by atoms with Crippen LogP contribution >= 0.6 is 11.6 Å². The average molecular weight is 299 g/mol. The van der Waals surface area contributed by atoms with Crippen molar-refractivity contribution in [2.45, 2.75) is 26.8 Å². The van der Waals surface area contributed by atoms with Gasteiger partial charge >= 0.3 is 0 Å². The molecule has 114 valence electrons. The lowest BCUT2D eigenvalue weighted by atomic mass is 10.1. The van der Waals surface area contributed by atoms with E-state index in [9.17, 15) is 0 Å². The molecule has 1 aromatic carbocycles. The Morgan fingerprint density at radius 1 is 1.30 bits per heavy atom. The highest BCUT2D eigenvalue weighted by Gasteiger charge is 2.08. The van der Waals surface area contributed by atoms with Gasteiger partial charge in [0.25, 0.3) is 0 Å². The predicted molar refractivity (Wildman–Crippen MR) is 86.7 cm³/mol. The fourth-order valence-electron chi connectivity index (χ4n) is 1.90. The molecule has 0 aliphatic carbocycles. The van der Waals surface area contributed by atoms with Gasteiger partial charge in [0.1, 0.15) is 5.75 Å². The van der Waals surface area contributed by atoms with Gasteiger partial charge in [0.2, 0.25) is 0 Å². The first-order valence-electron chi connectivity index (χ1n) is 7.26. The summed E-state index contributed by atoms with van der Waals surface area (Å²) in [5.74, 6) is 1.46. The number of hydrogen-bond acceptors (Lipinski definition) is 3. The number of nitrogens with one attached hydrogen (secondary N) is 1. The molecular weight excluding hydrogens is 272 g/mol. The summed E-state index contributed by atoms with van der Waals surface area (Å²) in [6.45, 7) is 7.89. The molecule has 0 heterocycles. The van der Waals surface area contributed by atoms with Crippen LogP contribution in [0.2, 0.25) is 5.02 Å². The quantitative estimate of drug-likeness (QED) is 0.707. The molecule has 0 amide bonds. The largest absolute Gasteiger partial charge is 0.492 e. The number of benzene rings is 1. The summed E-state index contributed by atoms with van der Waals surface area (Å²) in [4.78, 5) is 2.15. The molecule has 0 saturated carbocycles. The van der Waals surface area contributed by atoms with Gasteiger partial charge in [-0.1, -0.05) is 37.6 Å². The zero-order valence-electron chi connectivity index (χ0n) is 13.1. The van der Waals surface area contributed by atoms with Crippen LogP contribution in [0.25, 0.3) is 0 Å². The van der Waals surface area contributed by atoms with E-state index < -0.39 is 0 Å². The fraction of sp³-hybridized carbons (Fsp3) is 0.625. The summed E-state index contributed by atoms with van der Waals surface area (Å²) in [6, 6.07) is 5.93. The Balaban J connectivity index is 2.54. The van der Waals surface area contributed by atoms with Gasteiger partial charge in [-0.05, 0) is 39.0 Å². The predicted octanol–water partition coefficient (Wildman–Crippen LogP) is 3.42. The molecule has 3 nitrogen and oxygen atoms in total. The van der Waals surface area contributed by atoms with Crippen LogP contribution in [0.5, 0.6) is 5.75 Å². The Morgan fingerprint density at radius 3 is 2.70 bits per heavy atom. The molecule has 1 aromatic rings. The van der Waals surface area contributed by atoms with Gasteiger partial charge in [0, 0.05) is 18.7 Å². The lowest BCUT2D eigenvalue weighted by molar-refractivity contribution is 0.279. The van der Waals surface area contributed by atoms with Crippen molar-refractivity contribution in [1.29, 1.82) is 0 Å². The van der Waals surface area contributed by atoms with Crippen LogP contribution in [0, 0.1) is 5.92 Å². The van der Waals surface area contributed by atoms with Gasteiger partial charge in [-0.25, -0.2) is 0 Å². The summed E-state index contributed by atoms with van der Waals surface area (Å²) >= 11 is 6.25. The molecule has 1 rings (SSSR count). The highest BCUT2D eigenvalue weighted by atomic mass is 35.5. The van der Waals surface area contributed by atoms with Crippen molar-refractivity contribution in [1.82, 2.24) is 10.2 Å². The molecule has 1 N–H and O–H groups in total. The Hall–Kier alpha value is -0.770. The van der Waals surface area contributed by atoms with E-state index in [1.165, 1.54) is 0 Å². The maximum Gasteiger partial charge on any atom is 0.142 e. The average Bonchev–Trinajstić information content (AvgIpc) is 2.36. The maximum absolute atomic E-state index is 6.25. The highest BCUT2D eigenvalue weighted by Crippen LogP contribution is 2.28. The second-order valence-electron chi connectivity index (χ2n) is 5.76. The Kier molecular flexibility index (Phi) is 7.97. The smallest absolute Gasteiger partial charge is 0.142 e. The number of hydrogen-bond donors (Lipinski definition) is 1. The van der Waals surface area contributed by atoms with E-state index in [2.05, 4.69) is 44.2 Å². The van der Waals surface area contributed by atoms with E-state index in [-0.39, 0.29) is 0 Å². The molecule has 0 atom stereocenters. The number of ether oxygens (including phenoxy) is 1. The van der Waals surface area contributed by atoms with Gasteiger partial charge < -0.3 is 15.0 Å². The Bertz CT molecular complexity index is 394. The monoisotopic (exact) mass is 298 g/mol. The number of rotatable bonds is 9. The summed E-state index contributed by atoms with van der Waals surface area (Å²) < 4.78 is 5.88. The SMILES string of the molecule is CC(C)CNCc1cccc(Cl)c1OCCCN(C)C. The number of para-hydroxylation sites is 1. The van der Waals surface area contributed by atoms with Crippen molar-refractivity contribution in [2.75, 3.05) is 33.8 Å². The third kappa shape index (κ3) is 6.60. The fourth-order valence-corrected chi connectivity index (χ4v) is 2.15. The zero-order chi connectivity index (χ0) is 15.0. The van der Waals surface area contributed by atoms with E-state index >= 15 is 0 Å². The second-order valence-corrected chi connectivity index (χ2v) is 6.17. The maximum atomic E-state index is 6.25. The Labute approximate surface area is 128 Å². The summed E-state index contributed by atoms with van der Waals surface area (Å²) in [7, 11) is 4.13. The van der Waals surface area contributed by atoms with Crippen LogP contribution in [0.1, 0.15) is 25.8 Å². The molecule has 0 fully saturated rings. The molecule has 20 heavy (non-hydrogen) atoms. The van der Waals surface area contributed by atoms with Crippen LogP contribution in [0.4, 0.5) is 0 Å². The molecule has 0 spiro atoms. The molecule has 0 aliphatic rings. The minimum absolute atomic E-state index is 0.638. The van der Waals surface area contributed by atoms with Crippen molar-refractivity contribution >= 4 is 11.6 Å². The van der Waals surface area contributed by atoms with Gasteiger partial charge in [-0.3, -0.25) is 0 Å². The molecule has 0 saturated heterocycles. The van der Waals surface area contributed by atoms with Gasteiger partial charge in [0.05, 0.1) is 11.6 Å².